The molecule has 2 aliphatic rings. The van der Waals surface area contributed by atoms with Gasteiger partial charge < -0.3 is 15.6 Å². The van der Waals surface area contributed by atoms with Crippen molar-refractivity contribution >= 4 is 40.0 Å². The number of hydrogen-bond acceptors (Lipinski definition) is 7. The number of aryl methyl sites for hydroxylation is 2. The molecule has 6 rings (SSSR count). The summed E-state index contributed by atoms with van der Waals surface area (Å²) in [5.74, 6) is -1.62. The van der Waals surface area contributed by atoms with Crippen molar-refractivity contribution < 1.29 is 14.4 Å². The Morgan fingerprint density at radius 3 is 2.62 bits per heavy atom. The summed E-state index contributed by atoms with van der Waals surface area (Å²) in [5, 5.41) is 16.2. The van der Waals surface area contributed by atoms with Crippen molar-refractivity contribution in [2.24, 2.45) is 5.92 Å². The van der Waals surface area contributed by atoms with Crippen LogP contribution in [-0.2, 0) is 9.59 Å². The molecule has 11 nitrogen and oxygen atoms in total. The van der Waals surface area contributed by atoms with E-state index in [2.05, 4.69) is 31.5 Å². The van der Waals surface area contributed by atoms with Gasteiger partial charge in [-0.15, -0.1) is 0 Å². The van der Waals surface area contributed by atoms with E-state index >= 15 is 0 Å². The molecule has 0 aliphatic carbocycles. The summed E-state index contributed by atoms with van der Waals surface area (Å²) in [4.78, 5) is 42.4. The van der Waals surface area contributed by atoms with Crippen LogP contribution in [0.1, 0.15) is 28.0 Å². The first-order valence-electron chi connectivity index (χ1n) is 12.0. The minimum absolute atomic E-state index is 0.143. The highest BCUT2D eigenvalue weighted by Gasteiger charge is 2.45. The fraction of sp³-hybridized carbons (Fsp3) is 0.231. The van der Waals surface area contributed by atoms with E-state index in [1.54, 1.807) is 26.0 Å². The summed E-state index contributed by atoms with van der Waals surface area (Å²) in [6, 6.07) is 18.7. The third-order valence-corrected chi connectivity index (χ3v) is 6.79. The first-order valence-corrected chi connectivity index (χ1v) is 12.0. The Bertz CT molecular complexity index is 1530. The molecule has 0 bridgehead atoms. The lowest BCUT2D eigenvalue weighted by Gasteiger charge is -2.37. The first-order chi connectivity index (χ1) is 17.9. The summed E-state index contributed by atoms with van der Waals surface area (Å²) in [6.45, 7) is 4.02. The van der Waals surface area contributed by atoms with Crippen LogP contribution in [0.4, 0.5) is 11.5 Å². The summed E-state index contributed by atoms with van der Waals surface area (Å²) < 4.78 is 1.48. The van der Waals surface area contributed by atoms with Gasteiger partial charge in [0.25, 0.3) is 11.7 Å². The van der Waals surface area contributed by atoms with Gasteiger partial charge in [-0.05, 0) is 32.0 Å². The quantitative estimate of drug-likeness (QED) is 0.210. The van der Waals surface area contributed by atoms with Crippen molar-refractivity contribution in [1.82, 2.24) is 30.8 Å². The maximum absolute atomic E-state index is 13.2. The van der Waals surface area contributed by atoms with E-state index in [1.807, 2.05) is 53.5 Å². The molecule has 2 aliphatic heterocycles. The third-order valence-electron chi connectivity index (χ3n) is 6.79. The number of nitrogens with one attached hydrogen (secondary N) is 5. The molecule has 0 spiro atoms. The normalized spacial score (nSPS) is 21.1. The van der Waals surface area contributed by atoms with Gasteiger partial charge in [-0.1, -0.05) is 36.4 Å². The number of aromatic nitrogens is 3. The van der Waals surface area contributed by atoms with Crippen LogP contribution in [0.25, 0.3) is 10.9 Å². The van der Waals surface area contributed by atoms with Crippen LogP contribution in [0.5, 0.6) is 0 Å². The molecule has 2 saturated heterocycles. The van der Waals surface area contributed by atoms with E-state index < -0.39 is 18.0 Å². The molecule has 5 N–H and O–H groups in total. The molecule has 2 amide bonds. The van der Waals surface area contributed by atoms with E-state index in [9.17, 15) is 14.4 Å². The Labute approximate surface area is 212 Å². The topological polar surface area (TPSA) is 136 Å². The number of nitrogens with zero attached hydrogens (tertiary/aromatic N) is 3. The molecule has 2 aromatic heterocycles. The average Bonchev–Trinajstić information content (AvgIpc) is 3.58. The number of rotatable bonds is 5. The zero-order valence-corrected chi connectivity index (χ0v) is 20.3. The van der Waals surface area contributed by atoms with Gasteiger partial charge in [0.1, 0.15) is 12.0 Å². The number of para-hydroxylation sites is 2. The van der Waals surface area contributed by atoms with Crippen molar-refractivity contribution in [3.05, 3.63) is 77.6 Å². The van der Waals surface area contributed by atoms with Crippen LogP contribution in [0, 0.1) is 19.8 Å². The van der Waals surface area contributed by atoms with Crippen LogP contribution < -0.4 is 26.4 Å². The van der Waals surface area contributed by atoms with Crippen molar-refractivity contribution in [2.45, 2.75) is 26.3 Å². The first kappa shape index (κ1) is 23.0. The number of H-pyrrole nitrogens is 1. The van der Waals surface area contributed by atoms with Gasteiger partial charge in [-0.2, -0.15) is 5.10 Å². The van der Waals surface area contributed by atoms with Crippen LogP contribution in [0.15, 0.2) is 60.7 Å². The highest BCUT2D eigenvalue weighted by atomic mass is 16.2. The molecule has 2 fully saturated rings. The molecule has 37 heavy (non-hydrogen) atoms. The number of aromatic amines is 1. The zero-order valence-electron chi connectivity index (χ0n) is 20.3. The Morgan fingerprint density at radius 2 is 1.81 bits per heavy atom. The summed E-state index contributed by atoms with van der Waals surface area (Å²) in [7, 11) is 0. The second-order valence-corrected chi connectivity index (χ2v) is 9.27. The van der Waals surface area contributed by atoms with Crippen molar-refractivity contribution in [3.63, 3.8) is 0 Å². The fourth-order valence-electron chi connectivity index (χ4n) is 5.09. The fourth-order valence-corrected chi connectivity index (χ4v) is 5.09. The number of ketones is 1. The molecule has 2 aromatic carbocycles. The number of amides is 2. The number of fused-ring (bicyclic) bond motifs is 2. The second kappa shape index (κ2) is 8.87. The smallest absolute Gasteiger partial charge is 0.298 e. The molecular weight excluding hydrogens is 472 g/mol. The molecule has 188 valence electrons. The Balaban J connectivity index is 1.26. The van der Waals surface area contributed by atoms with Crippen molar-refractivity contribution in [1.29, 1.82) is 0 Å². The Kier molecular flexibility index (Phi) is 5.50. The number of hydrazine groups is 1. The maximum atomic E-state index is 13.2. The van der Waals surface area contributed by atoms with E-state index in [-0.39, 0.29) is 18.0 Å². The molecular formula is C26H26N8O3. The molecule has 4 aromatic rings. The maximum Gasteiger partial charge on any atom is 0.298 e. The number of hydrogen-bond donors (Lipinski definition) is 5. The molecule has 0 saturated carbocycles. The SMILES string of the molecule is Cc1cc(NC(=O)C(=O)c2c(C)[nH]c3ccccc23)n(C2NC(=O)C3CNN(c4ccccc4)C3N2)n1. The van der Waals surface area contributed by atoms with Crippen molar-refractivity contribution in [3.8, 4) is 0 Å². The second-order valence-electron chi connectivity index (χ2n) is 9.27. The average molecular weight is 499 g/mol. The lowest BCUT2D eigenvalue weighted by atomic mass is 10.0. The summed E-state index contributed by atoms with van der Waals surface area (Å²) in [6.07, 6.45) is -1.08. The number of benzene rings is 2. The molecule has 3 atom stereocenters. The monoisotopic (exact) mass is 498 g/mol. The largest absolute Gasteiger partial charge is 0.358 e. The van der Waals surface area contributed by atoms with Crippen LogP contribution in [-0.4, -0.2) is 45.1 Å². The summed E-state index contributed by atoms with van der Waals surface area (Å²) >= 11 is 0. The van der Waals surface area contributed by atoms with Gasteiger partial charge >= 0.3 is 0 Å². The molecule has 11 heteroatoms. The zero-order chi connectivity index (χ0) is 25.7. The van der Waals surface area contributed by atoms with Crippen LogP contribution in [0.2, 0.25) is 0 Å². The Hall–Kier alpha value is -4.48. The minimum Gasteiger partial charge on any atom is -0.358 e. The standard InChI is InChI=1S/C26H26N8O3/c1-14-12-20(29-25(37)22(35)21-15(2)28-19-11-7-6-10-17(19)21)34(32-14)26-30-23-18(24(36)31-26)13-27-33(23)16-8-4-3-5-9-16/h3-12,18,23,26-28,30H,13H2,1-2H3,(H,29,37)(H,31,36). The van der Waals surface area contributed by atoms with Gasteiger partial charge in [-0.3, -0.25) is 24.7 Å². The van der Waals surface area contributed by atoms with Crippen LogP contribution >= 0.6 is 0 Å². The van der Waals surface area contributed by atoms with Gasteiger partial charge in [0, 0.05) is 29.2 Å². The predicted octanol–water partition coefficient (Wildman–Crippen LogP) is 1.95. The number of anilines is 2. The van der Waals surface area contributed by atoms with Gasteiger partial charge in [0.15, 0.2) is 6.29 Å². The summed E-state index contributed by atoms with van der Waals surface area (Å²) in [5.41, 5.74) is 6.56. The van der Waals surface area contributed by atoms with E-state index in [1.165, 1.54) is 4.68 Å². The van der Waals surface area contributed by atoms with E-state index in [0.717, 1.165) is 11.2 Å². The number of carbonyl (C=O) groups excluding carboxylic acids is 3. The lowest BCUT2D eigenvalue weighted by Crippen LogP contribution is -2.61. The third kappa shape index (κ3) is 3.94. The van der Waals surface area contributed by atoms with E-state index in [4.69, 9.17) is 0 Å². The van der Waals surface area contributed by atoms with Crippen molar-refractivity contribution in [2.75, 3.05) is 16.9 Å². The molecule has 0 radical (unpaired) electrons. The van der Waals surface area contributed by atoms with Gasteiger partial charge in [-0.25, -0.2) is 10.1 Å². The van der Waals surface area contributed by atoms with Gasteiger partial charge in [0.2, 0.25) is 5.91 Å². The van der Waals surface area contributed by atoms with E-state index in [0.29, 0.717) is 34.7 Å². The van der Waals surface area contributed by atoms with Crippen LogP contribution in [0.3, 0.4) is 0 Å². The highest BCUT2D eigenvalue weighted by molar-refractivity contribution is 6.48. The highest BCUT2D eigenvalue weighted by Crippen LogP contribution is 2.28. The molecule has 4 heterocycles. The number of Topliss-reactive ketones (excluding diaryl/α,β-unsaturated/α-hetero) is 1. The van der Waals surface area contributed by atoms with Gasteiger partial charge in [0.05, 0.1) is 22.9 Å². The minimum atomic E-state index is -0.789. The number of carbonyl (C=O) groups is 3. The molecule has 3 unspecified atom stereocenters. The lowest BCUT2D eigenvalue weighted by molar-refractivity contribution is -0.129. The Morgan fingerprint density at radius 1 is 1.05 bits per heavy atom. The predicted molar refractivity (Wildman–Crippen MR) is 137 cm³/mol.